The number of rotatable bonds is 21. The number of unbranched alkanes of at least 4 members (excludes halogenated alkanes) is 10. The lowest BCUT2D eigenvalue weighted by Gasteiger charge is -2.28. The van der Waals surface area contributed by atoms with Crippen LogP contribution in [0.5, 0.6) is 17.2 Å². The van der Waals surface area contributed by atoms with E-state index < -0.39 is 82.6 Å². The van der Waals surface area contributed by atoms with E-state index >= 15 is 4.39 Å². The van der Waals surface area contributed by atoms with Crippen LogP contribution in [0.25, 0.3) is 0 Å². The molecule has 0 saturated carbocycles. The van der Waals surface area contributed by atoms with Gasteiger partial charge in [-0.25, -0.2) is 39.5 Å². The topological polar surface area (TPSA) is 30.9 Å². The van der Waals surface area contributed by atoms with Crippen LogP contribution >= 0.6 is 0 Å². The van der Waals surface area contributed by atoms with Crippen LogP contribution in [-0.4, -0.2) is 20.4 Å². The van der Waals surface area contributed by atoms with E-state index in [1.807, 2.05) is 0 Å². The molecule has 0 spiro atoms. The molecular formula is C34H39BF9NO3. The van der Waals surface area contributed by atoms with Crippen molar-refractivity contribution >= 4 is 13.0 Å². The van der Waals surface area contributed by atoms with Crippen LogP contribution in [-0.2, 0) is 0 Å². The van der Waals surface area contributed by atoms with Gasteiger partial charge in [-0.15, -0.1) is 0 Å². The highest BCUT2D eigenvalue weighted by atomic mass is 19.2. The van der Waals surface area contributed by atoms with Gasteiger partial charge in [0.05, 0.1) is 0 Å². The van der Waals surface area contributed by atoms with Gasteiger partial charge in [0.15, 0.2) is 52.4 Å². The first-order chi connectivity index (χ1) is 23.0. The zero-order valence-electron chi connectivity index (χ0n) is 26.9. The molecule has 0 radical (unpaired) electrons. The van der Waals surface area contributed by atoms with Crippen LogP contribution in [0.2, 0.25) is 0 Å². The summed E-state index contributed by atoms with van der Waals surface area (Å²) in [5.41, 5.74) is -0.534. The largest absolute Gasteiger partial charge is 0.864 e. The minimum absolute atomic E-state index is 0.172. The monoisotopic (exact) mass is 691 g/mol. The van der Waals surface area contributed by atoms with E-state index in [4.69, 9.17) is 14.0 Å². The molecule has 0 amide bonds. The first kappa shape index (κ1) is 38.7. The SMILES string of the molecule is CCCCCCCCCCCCCN(CCC)c1c(OB(Oc2cc(F)c(F)c(F)c2)Oc2cc(F)c(F)c(F)c2)cc(F)c(F)c1F. The molecule has 3 aromatic carbocycles. The Labute approximate surface area is 275 Å². The normalized spacial score (nSPS) is 11.1. The fourth-order valence-corrected chi connectivity index (χ4v) is 5.12. The maximum absolute atomic E-state index is 15.4. The Hall–Kier alpha value is -3.71. The molecule has 0 N–H and O–H groups in total. The molecule has 3 rings (SSSR count). The second-order valence-corrected chi connectivity index (χ2v) is 11.4. The number of halogens is 9. The van der Waals surface area contributed by atoms with Gasteiger partial charge in [-0.3, -0.25) is 0 Å². The molecule has 3 aromatic rings. The highest BCUT2D eigenvalue weighted by molar-refractivity contribution is 6.39. The summed E-state index contributed by atoms with van der Waals surface area (Å²) in [6, 6.07) is 2.01. The molecule has 0 heterocycles. The average molecular weight is 691 g/mol. The Morgan fingerprint density at radius 1 is 0.458 bits per heavy atom. The second kappa shape index (κ2) is 19.3. The molecule has 0 atom stereocenters. The highest BCUT2D eigenvalue weighted by Gasteiger charge is 2.35. The predicted octanol–water partition coefficient (Wildman–Crippen LogP) is 11.0. The molecule has 0 aliphatic rings. The van der Waals surface area contributed by atoms with Crippen LogP contribution < -0.4 is 18.9 Å². The van der Waals surface area contributed by atoms with Crippen molar-refractivity contribution in [3.63, 3.8) is 0 Å². The van der Waals surface area contributed by atoms with Crippen molar-refractivity contribution in [1.29, 1.82) is 0 Å². The van der Waals surface area contributed by atoms with Gasteiger partial charge in [0, 0.05) is 43.4 Å². The smallest absolute Gasteiger partial charge is 0.489 e. The number of nitrogens with zero attached hydrogens (tertiary/aromatic N) is 1. The summed E-state index contributed by atoms with van der Waals surface area (Å²) in [5, 5.41) is 0. The zero-order chi connectivity index (χ0) is 35.2. The molecule has 0 aliphatic carbocycles. The van der Waals surface area contributed by atoms with Crippen LogP contribution in [0.4, 0.5) is 45.2 Å². The Balaban J connectivity index is 1.84. The quantitative estimate of drug-likeness (QED) is 0.0482. The van der Waals surface area contributed by atoms with E-state index in [0.29, 0.717) is 43.2 Å². The van der Waals surface area contributed by atoms with E-state index in [9.17, 15) is 35.1 Å². The van der Waals surface area contributed by atoms with Gasteiger partial charge in [0.1, 0.15) is 22.9 Å². The molecule has 0 unspecified atom stereocenters. The molecule has 4 nitrogen and oxygen atoms in total. The van der Waals surface area contributed by atoms with Crippen LogP contribution in [0.3, 0.4) is 0 Å². The summed E-state index contributed by atoms with van der Waals surface area (Å²) in [7, 11) is -2.33. The fourth-order valence-electron chi connectivity index (χ4n) is 5.12. The van der Waals surface area contributed by atoms with Gasteiger partial charge in [-0.1, -0.05) is 78.1 Å². The van der Waals surface area contributed by atoms with Gasteiger partial charge in [0.2, 0.25) is 0 Å². The number of hydrogen-bond donors (Lipinski definition) is 0. The fraction of sp³-hybridized carbons (Fsp3) is 0.471. The van der Waals surface area contributed by atoms with Crippen molar-refractivity contribution in [3.8, 4) is 17.2 Å². The first-order valence-corrected chi connectivity index (χ1v) is 16.2. The lowest BCUT2D eigenvalue weighted by Crippen LogP contribution is -2.38. The van der Waals surface area contributed by atoms with Crippen molar-refractivity contribution in [3.05, 3.63) is 82.7 Å². The lowest BCUT2D eigenvalue weighted by atomic mass is 10.1. The van der Waals surface area contributed by atoms with Crippen LogP contribution in [0.1, 0.15) is 90.9 Å². The third kappa shape index (κ3) is 11.2. The van der Waals surface area contributed by atoms with Crippen LogP contribution in [0.15, 0.2) is 30.3 Å². The molecular weight excluding hydrogens is 652 g/mol. The Kier molecular flexibility index (Phi) is 15.6. The minimum atomic E-state index is -2.33. The van der Waals surface area contributed by atoms with Gasteiger partial charge >= 0.3 is 7.32 Å². The molecule has 0 bridgehead atoms. The average Bonchev–Trinajstić information content (AvgIpc) is 3.03. The summed E-state index contributed by atoms with van der Waals surface area (Å²) < 4.78 is 143. The molecule has 0 aromatic heterocycles. The van der Waals surface area contributed by atoms with Crippen molar-refractivity contribution in [2.24, 2.45) is 0 Å². The molecule has 0 aliphatic heterocycles. The summed E-state index contributed by atoms with van der Waals surface area (Å²) in [6.45, 7) is 4.32. The molecule has 0 fully saturated rings. The zero-order valence-corrected chi connectivity index (χ0v) is 26.9. The Morgan fingerprint density at radius 2 is 0.875 bits per heavy atom. The molecule has 14 heteroatoms. The van der Waals surface area contributed by atoms with Crippen molar-refractivity contribution < 1.29 is 53.5 Å². The minimum Gasteiger partial charge on any atom is -0.489 e. The first-order valence-electron chi connectivity index (χ1n) is 16.2. The molecule has 0 saturated heterocycles. The summed E-state index contributed by atoms with van der Waals surface area (Å²) in [6.07, 6.45) is 12.0. The van der Waals surface area contributed by atoms with Gasteiger partial charge in [0.25, 0.3) is 0 Å². The summed E-state index contributed by atoms with van der Waals surface area (Å²) in [4.78, 5) is 1.42. The van der Waals surface area contributed by atoms with E-state index in [1.54, 1.807) is 6.92 Å². The summed E-state index contributed by atoms with van der Waals surface area (Å²) in [5.74, 6) is -17.8. The van der Waals surface area contributed by atoms with Gasteiger partial charge in [-0.2, -0.15) is 0 Å². The number of benzene rings is 3. The molecule has 48 heavy (non-hydrogen) atoms. The third-order valence-corrected chi connectivity index (χ3v) is 7.55. The van der Waals surface area contributed by atoms with Crippen LogP contribution in [0, 0.1) is 52.4 Å². The lowest BCUT2D eigenvalue weighted by molar-refractivity contribution is 0.299. The number of anilines is 1. The maximum atomic E-state index is 15.4. The Bertz CT molecular complexity index is 1370. The Morgan fingerprint density at radius 3 is 1.31 bits per heavy atom. The standard InChI is InChI=1S/C34H39BF9NO3/c1-3-5-6-7-8-9-10-11-12-13-14-16-45(15-4-2)34-29(21-28(40)32(43)33(34)44)48-35(46-22-17-24(36)30(41)25(37)18-22)47-23-19-26(38)31(42)27(39)20-23/h17-21H,3-16H2,1-2H3. The molecule has 264 valence electrons. The van der Waals surface area contributed by atoms with Crippen molar-refractivity contribution in [2.75, 3.05) is 18.0 Å². The van der Waals surface area contributed by atoms with E-state index in [2.05, 4.69) is 6.92 Å². The number of hydrogen-bond acceptors (Lipinski definition) is 4. The van der Waals surface area contributed by atoms with Crippen molar-refractivity contribution in [2.45, 2.75) is 90.9 Å². The van der Waals surface area contributed by atoms with Gasteiger partial charge < -0.3 is 18.9 Å². The predicted molar refractivity (Wildman–Crippen MR) is 166 cm³/mol. The second-order valence-electron chi connectivity index (χ2n) is 11.4. The highest BCUT2D eigenvalue weighted by Crippen LogP contribution is 2.36. The maximum Gasteiger partial charge on any atom is 0.864 e. The third-order valence-electron chi connectivity index (χ3n) is 7.55. The van der Waals surface area contributed by atoms with E-state index in [1.165, 1.54) is 37.0 Å². The van der Waals surface area contributed by atoms with E-state index in [-0.39, 0.29) is 13.1 Å². The van der Waals surface area contributed by atoms with E-state index in [0.717, 1.165) is 32.1 Å². The van der Waals surface area contributed by atoms with Gasteiger partial charge in [-0.05, 0) is 12.8 Å². The van der Waals surface area contributed by atoms with Crippen molar-refractivity contribution in [1.82, 2.24) is 0 Å². The summed E-state index contributed by atoms with van der Waals surface area (Å²) >= 11 is 0.